The Labute approximate surface area is 155 Å². The minimum Gasteiger partial charge on any atom is -0.334 e. The number of hydrogen-bond donors (Lipinski definition) is 3. The number of benzene rings is 1. The van der Waals surface area contributed by atoms with E-state index in [2.05, 4.69) is 43.7 Å². The number of amides is 2. The molecule has 1 fully saturated rings. The zero-order valence-corrected chi connectivity index (χ0v) is 15.6. The van der Waals surface area contributed by atoms with Crippen LogP contribution < -0.4 is 16.2 Å². The van der Waals surface area contributed by atoms with Crippen molar-refractivity contribution in [3.05, 3.63) is 68.5 Å². The predicted molar refractivity (Wildman–Crippen MR) is 101 cm³/mol. The molecule has 1 saturated carbocycles. The molecule has 2 aromatic rings. The van der Waals surface area contributed by atoms with E-state index in [0.717, 1.165) is 35.7 Å². The lowest BCUT2D eigenvalue weighted by molar-refractivity contribution is 0.202. The van der Waals surface area contributed by atoms with Crippen LogP contribution in [0.25, 0.3) is 0 Å². The molecule has 3 rings (SSSR count). The fourth-order valence-electron chi connectivity index (χ4n) is 3.44. The van der Waals surface area contributed by atoms with Gasteiger partial charge in [0.25, 0.3) is 5.56 Å². The number of aromatic nitrogens is 1. The number of urea groups is 1. The number of pyridine rings is 1. The highest BCUT2D eigenvalue weighted by Gasteiger charge is 2.35. The van der Waals surface area contributed by atoms with Crippen molar-refractivity contribution < 1.29 is 4.79 Å². The molecule has 132 valence electrons. The second-order valence-corrected chi connectivity index (χ2v) is 7.40. The van der Waals surface area contributed by atoms with Crippen LogP contribution in [-0.2, 0) is 12.1 Å². The lowest BCUT2D eigenvalue weighted by Gasteiger charge is -2.38. The van der Waals surface area contributed by atoms with E-state index in [0.29, 0.717) is 5.56 Å². The summed E-state index contributed by atoms with van der Waals surface area (Å²) in [4.78, 5) is 26.8. The van der Waals surface area contributed by atoms with E-state index in [1.54, 1.807) is 18.3 Å². The Hall–Kier alpha value is -2.08. The van der Waals surface area contributed by atoms with E-state index in [1.165, 1.54) is 6.42 Å². The number of rotatable bonds is 4. The molecule has 0 radical (unpaired) electrons. The molecule has 1 aromatic heterocycles. The summed E-state index contributed by atoms with van der Waals surface area (Å²) in [5, 5.41) is 5.99. The molecule has 1 aliphatic carbocycles. The molecule has 0 spiro atoms. The molecule has 0 bridgehead atoms. The molecule has 0 unspecified atom stereocenters. The highest BCUT2D eigenvalue weighted by molar-refractivity contribution is 9.10. The summed E-state index contributed by atoms with van der Waals surface area (Å²) < 4.78 is 1.02. The highest BCUT2D eigenvalue weighted by Crippen LogP contribution is 2.37. The maximum atomic E-state index is 12.5. The standard InChI is InChI=1S/C19H22BrN3O2/c20-16-8-6-15(7-9-16)19(10-2-1-3-11-19)23-18(25)22-13-14-5-4-12-21-17(14)24/h4-9,12H,1-3,10-11,13H2,(H,21,24)(H2,22,23,25). The number of aromatic amines is 1. The van der Waals surface area contributed by atoms with Gasteiger partial charge in [-0.1, -0.05) is 53.4 Å². The SMILES string of the molecule is O=C(NCc1ccc[nH]c1=O)NC1(c2ccc(Br)cc2)CCCCC1. The first-order valence-electron chi connectivity index (χ1n) is 8.58. The summed E-state index contributed by atoms with van der Waals surface area (Å²) in [7, 11) is 0. The van der Waals surface area contributed by atoms with E-state index < -0.39 is 0 Å². The number of halogens is 1. The van der Waals surface area contributed by atoms with Crippen LogP contribution in [0.1, 0.15) is 43.2 Å². The topological polar surface area (TPSA) is 74.0 Å². The third kappa shape index (κ3) is 4.31. The van der Waals surface area contributed by atoms with Crippen LogP contribution in [0.15, 0.2) is 51.9 Å². The Morgan fingerprint density at radius 1 is 1.12 bits per heavy atom. The molecule has 25 heavy (non-hydrogen) atoms. The van der Waals surface area contributed by atoms with Gasteiger partial charge in [0, 0.05) is 22.8 Å². The third-order valence-corrected chi connectivity index (χ3v) is 5.32. The van der Waals surface area contributed by atoms with Gasteiger partial charge in [-0.15, -0.1) is 0 Å². The number of H-pyrrole nitrogens is 1. The van der Waals surface area contributed by atoms with Gasteiger partial charge in [-0.25, -0.2) is 4.79 Å². The van der Waals surface area contributed by atoms with Gasteiger partial charge in [-0.05, 0) is 36.6 Å². The molecular formula is C19H22BrN3O2. The maximum absolute atomic E-state index is 12.5. The van der Waals surface area contributed by atoms with Crippen molar-refractivity contribution in [1.82, 2.24) is 15.6 Å². The van der Waals surface area contributed by atoms with E-state index in [1.807, 2.05) is 12.1 Å². The number of nitrogens with one attached hydrogen (secondary N) is 3. The van der Waals surface area contributed by atoms with Crippen molar-refractivity contribution in [3.8, 4) is 0 Å². The van der Waals surface area contributed by atoms with E-state index in [9.17, 15) is 9.59 Å². The fraction of sp³-hybridized carbons (Fsp3) is 0.368. The normalized spacial score (nSPS) is 16.2. The van der Waals surface area contributed by atoms with E-state index in [4.69, 9.17) is 0 Å². The first kappa shape index (κ1) is 17.7. The molecule has 0 atom stereocenters. The number of carbonyl (C=O) groups excluding carboxylic acids is 1. The average Bonchev–Trinajstić information content (AvgIpc) is 2.62. The maximum Gasteiger partial charge on any atom is 0.315 e. The van der Waals surface area contributed by atoms with Crippen LogP contribution in [0.2, 0.25) is 0 Å². The lowest BCUT2D eigenvalue weighted by atomic mass is 9.76. The summed E-state index contributed by atoms with van der Waals surface area (Å²) in [6.07, 6.45) is 6.81. The van der Waals surface area contributed by atoms with Crippen molar-refractivity contribution in [2.75, 3.05) is 0 Å². The van der Waals surface area contributed by atoms with Gasteiger partial charge in [0.1, 0.15) is 0 Å². The Kier molecular flexibility index (Phi) is 5.58. The first-order valence-corrected chi connectivity index (χ1v) is 9.37. The van der Waals surface area contributed by atoms with Crippen molar-refractivity contribution in [3.63, 3.8) is 0 Å². The Balaban J connectivity index is 1.72. The molecule has 1 aromatic carbocycles. The molecule has 1 aliphatic rings. The number of carbonyl (C=O) groups is 1. The van der Waals surface area contributed by atoms with Crippen molar-refractivity contribution >= 4 is 22.0 Å². The van der Waals surface area contributed by atoms with Gasteiger partial charge in [0.15, 0.2) is 0 Å². The second kappa shape index (κ2) is 7.87. The van der Waals surface area contributed by atoms with Gasteiger partial charge in [0.05, 0.1) is 5.54 Å². The van der Waals surface area contributed by atoms with Crippen LogP contribution in [0.5, 0.6) is 0 Å². The minimum absolute atomic E-state index is 0.178. The van der Waals surface area contributed by atoms with Gasteiger partial charge in [-0.2, -0.15) is 0 Å². The Morgan fingerprint density at radius 2 is 1.84 bits per heavy atom. The molecule has 2 amide bonds. The molecule has 0 aliphatic heterocycles. The van der Waals surface area contributed by atoms with Crippen molar-refractivity contribution in [1.29, 1.82) is 0 Å². The predicted octanol–water partition coefficient (Wildman–Crippen LogP) is 3.80. The highest BCUT2D eigenvalue weighted by atomic mass is 79.9. The molecule has 5 nitrogen and oxygen atoms in total. The molecule has 6 heteroatoms. The number of hydrogen-bond acceptors (Lipinski definition) is 2. The van der Waals surface area contributed by atoms with E-state index >= 15 is 0 Å². The monoisotopic (exact) mass is 403 g/mol. The zero-order valence-electron chi connectivity index (χ0n) is 14.0. The molecular weight excluding hydrogens is 382 g/mol. The minimum atomic E-state index is -0.341. The largest absolute Gasteiger partial charge is 0.334 e. The van der Waals surface area contributed by atoms with Crippen LogP contribution in [0.3, 0.4) is 0 Å². The molecule has 1 heterocycles. The van der Waals surface area contributed by atoms with Crippen molar-refractivity contribution in [2.45, 2.75) is 44.2 Å². The summed E-state index contributed by atoms with van der Waals surface area (Å²) >= 11 is 3.46. The van der Waals surface area contributed by atoms with E-state index in [-0.39, 0.29) is 23.7 Å². The lowest BCUT2D eigenvalue weighted by Crippen LogP contribution is -2.51. The van der Waals surface area contributed by atoms with Gasteiger partial charge >= 0.3 is 6.03 Å². The summed E-state index contributed by atoms with van der Waals surface area (Å²) in [5.41, 5.74) is 1.15. The van der Waals surface area contributed by atoms with Crippen LogP contribution in [-0.4, -0.2) is 11.0 Å². The van der Waals surface area contributed by atoms with Crippen molar-refractivity contribution in [2.24, 2.45) is 0 Å². The summed E-state index contributed by atoms with van der Waals surface area (Å²) in [6.45, 7) is 0.207. The summed E-state index contributed by atoms with van der Waals surface area (Å²) in [5.74, 6) is 0. The Bertz CT molecular complexity index is 780. The second-order valence-electron chi connectivity index (χ2n) is 6.48. The summed E-state index contributed by atoms with van der Waals surface area (Å²) in [6, 6.07) is 11.4. The smallest absolute Gasteiger partial charge is 0.315 e. The fourth-order valence-corrected chi connectivity index (χ4v) is 3.71. The van der Waals surface area contributed by atoms with Crippen LogP contribution >= 0.6 is 15.9 Å². The zero-order chi connectivity index (χ0) is 17.7. The van der Waals surface area contributed by atoms with Crippen LogP contribution in [0, 0.1) is 0 Å². The molecule has 3 N–H and O–H groups in total. The average molecular weight is 404 g/mol. The quantitative estimate of drug-likeness (QED) is 0.725. The van der Waals surface area contributed by atoms with Crippen LogP contribution in [0.4, 0.5) is 4.79 Å². The Morgan fingerprint density at radius 3 is 2.52 bits per heavy atom. The van der Waals surface area contributed by atoms with Gasteiger partial charge < -0.3 is 15.6 Å². The first-order chi connectivity index (χ1) is 12.1. The van der Waals surface area contributed by atoms with Gasteiger partial charge in [0.2, 0.25) is 0 Å². The van der Waals surface area contributed by atoms with Gasteiger partial charge in [-0.3, -0.25) is 4.79 Å². The third-order valence-electron chi connectivity index (χ3n) is 4.80. The molecule has 0 saturated heterocycles.